The summed E-state index contributed by atoms with van der Waals surface area (Å²) in [6, 6.07) is 10.5. The van der Waals surface area contributed by atoms with Crippen molar-refractivity contribution < 1.29 is 19.5 Å². The fourth-order valence-corrected chi connectivity index (χ4v) is 5.10. The van der Waals surface area contributed by atoms with Gasteiger partial charge in [-0.3, -0.25) is 10.0 Å². The van der Waals surface area contributed by atoms with Crippen molar-refractivity contribution >= 4 is 17.7 Å². The fourth-order valence-electron chi connectivity index (χ4n) is 3.90. The van der Waals surface area contributed by atoms with Gasteiger partial charge < -0.3 is 9.47 Å². The zero-order chi connectivity index (χ0) is 18.4. The number of hydrogen-bond acceptors (Lipinski definition) is 5. The van der Waals surface area contributed by atoms with Crippen molar-refractivity contribution in [3.05, 3.63) is 30.3 Å². The summed E-state index contributed by atoms with van der Waals surface area (Å²) < 4.78 is 12.1. The number of nitrogens with zero attached hydrogens (tertiary/aromatic N) is 1. The second-order valence-electron chi connectivity index (χ2n) is 7.19. The molecular formula is C20H29NO4S. The SMILES string of the molecule is CN(O)C(=O)CCCCOC[C@H]1[C@@H](CSc2ccccc2)[C@H]2CC[C@@H]1O2. The van der Waals surface area contributed by atoms with Crippen LogP contribution in [0.25, 0.3) is 0 Å². The van der Waals surface area contributed by atoms with Crippen molar-refractivity contribution in [1.29, 1.82) is 0 Å². The highest BCUT2D eigenvalue weighted by Crippen LogP contribution is 2.45. The van der Waals surface area contributed by atoms with Crippen LogP contribution in [0.3, 0.4) is 0 Å². The van der Waals surface area contributed by atoms with Gasteiger partial charge >= 0.3 is 0 Å². The van der Waals surface area contributed by atoms with Gasteiger partial charge in [0.1, 0.15) is 0 Å². The molecule has 144 valence electrons. The first-order chi connectivity index (χ1) is 12.6. The van der Waals surface area contributed by atoms with Gasteiger partial charge in [-0.2, -0.15) is 0 Å². The Labute approximate surface area is 160 Å². The summed E-state index contributed by atoms with van der Waals surface area (Å²) in [5.74, 6) is 1.87. The molecule has 6 heteroatoms. The second kappa shape index (κ2) is 9.74. The minimum atomic E-state index is -0.246. The molecule has 0 spiro atoms. The minimum absolute atomic E-state index is 0.246. The van der Waals surface area contributed by atoms with Crippen LogP contribution in [-0.2, 0) is 14.3 Å². The molecule has 2 saturated heterocycles. The summed E-state index contributed by atoms with van der Waals surface area (Å²) in [5, 5.41) is 9.68. The number of hydrogen-bond donors (Lipinski definition) is 1. The van der Waals surface area contributed by atoms with Crippen molar-refractivity contribution in [3.63, 3.8) is 0 Å². The Balaban J connectivity index is 1.38. The van der Waals surface area contributed by atoms with Gasteiger partial charge in [0.05, 0.1) is 18.8 Å². The van der Waals surface area contributed by atoms with Gasteiger partial charge in [0, 0.05) is 42.6 Å². The van der Waals surface area contributed by atoms with E-state index < -0.39 is 0 Å². The van der Waals surface area contributed by atoms with Gasteiger partial charge in [-0.05, 0) is 37.8 Å². The van der Waals surface area contributed by atoms with E-state index in [2.05, 4.69) is 24.3 Å². The topological polar surface area (TPSA) is 59.0 Å². The van der Waals surface area contributed by atoms with E-state index in [0.29, 0.717) is 42.1 Å². The molecule has 1 amide bonds. The van der Waals surface area contributed by atoms with E-state index in [0.717, 1.165) is 31.6 Å². The molecule has 4 atom stereocenters. The van der Waals surface area contributed by atoms with E-state index in [1.165, 1.54) is 18.4 Å². The van der Waals surface area contributed by atoms with E-state index in [-0.39, 0.29) is 5.91 Å². The highest BCUT2D eigenvalue weighted by Gasteiger charge is 2.48. The second-order valence-corrected chi connectivity index (χ2v) is 8.28. The first kappa shape index (κ1) is 19.7. The molecule has 5 nitrogen and oxygen atoms in total. The molecule has 0 unspecified atom stereocenters. The summed E-state index contributed by atoms with van der Waals surface area (Å²) >= 11 is 1.91. The fraction of sp³-hybridized carbons (Fsp3) is 0.650. The summed E-state index contributed by atoms with van der Waals surface area (Å²) in [5.41, 5.74) is 0. The average molecular weight is 380 g/mol. The smallest absolute Gasteiger partial charge is 0.245 e. The van der Waals surface area contributed by atoms with Crippen LogP contribution in [0, 0.1) is 11.8 Å². The number of rotatable bonds is 10. The molecule has 0 radical (unpaired) electrons. The standard InChI is InChI=1S/C20H29NO4S/c1-21(23)20(22)9-5-6-12-24-13-16-17(19-11-10-18(16)25-19)14-26-15-7-3-2-4-8-15/h2-4,7-8,16-19,23H,5-6,9-14H2,1H3/t16-,17+,18-,19+/m0/s1. The van der Waals surface area contributed by atoms with Crippen molar-refractivity contribution in [1.82, 2.24) is 5.06 Å². The van der Waals surface area contributed by atoms with Crippen molar-refractivity contribution in [3.8, 4) is 0 Å². The quantitative estimate of drug-likeness (QED) is 0.291. The maximum atomic E-state index is 11.3. The maximum absolute atomic E-state index is 11.3. The van der Waals surface area contributed by atoms with Gasteiger partial charge in [0.2, 0.25) is 5.91 Å². The Bertz CT molecular complexity index is 568. The number of carbonyl (C=O) groups excluding carboxylic acids is 1. The number of amides is 1. The molecule has 1 N–H and O–H groups in total. The number of fused-ring (bicyclic) bond motifs is 2. The number of thioether (sulfide) groups is 1. The maximum Gasteiger partial charge on any atom is 0.245 e. The lowest BCUT2D eigenvalue weighted by molar-refractivity contribution is -0.159. The summed E-state index contributed by atoms with van der Waals surface area (Å²) in [6.07, 6.45) is 5.02. The summed E-state index contributed by atoms with van der Waals surface area (Å²) in [6.45, 7) is 1.41. The van der Waals surface area contributed by atoms with E-state index in [9.17, 15) is 4.79 Å². The van der Waals surface area contributed by atoms with Crippen molar-refractivity contribution in [2.45, 2.75) is 49.2 Å². The molecule has 26 heavy (non-hydrogen) atoms. The first-order valence-corrected chi connectivity index (χ1v) is 10.5. The number of ether oxygens (including phenoxy) is 2. The zero-order valence-electron chi connectivity index (χ0n) is 15.4. The predicted octanol–water partition coefficient (Wildman–Crippen LogP) is 3.61. The van der Waals surface area contributed by atoms with Crippen LogP contribution >= 0.6 is 11.8 Å². The van der Waals surface area contributed by atoms with Crippen molar-refractivity contribution in [2.24, 2.45) is 11.8 Å². The normalized spacial score (nSPS) is 27.0. The number of unbranched alkanes of at least 4 members (excludes halogenated alkanes) is 1. The Morgan fingerprint density at radius 2 is 1.96 bits per heavy atom. The Morgan fingerprint density at radius 1 is 1.23 bits per heavy atom. The molecule has 0 saturated carbocycles. The van der Waals surface area contributed by atoms with E-state index in [1.54, 1.807) is 0 Å². The predicted molar refractivity (Wildman–Crippen MR) is 101 cm³/mol. The number of benzene rings is 1. The summed E-state index contributed by atoms with van der Waals surface area (Å²) in [4.78, 5) is 12.6. The lowest BCUT2D eigenvalue weighted by atomic mass is 9.81. The molecule has 3 rings (SSSR count). The first-order valence-electron chi connectivity index (χ1n) is 9.51. The van der Waals surface area contributed by atoms with Crippen LogP contribution < -0.4 is 0 Å². The zero-order valence-corrected chi connectivity index (χ0v) is 16.2. The number of carbonyl (C=O) groups is 1. The largest absolute Gasteiger partial charge is 0.381 e. The van der Waals surface area contributed by atoms with Gasteiger partial charge in [0.15, 0.2) is 0 Å². The molecule has 1 aromatic rings. The third-order valence-electron chi connectivity index (χ3n) is 5.38. The third kappa shape index (κ3) is 5.22. The van der Waals surface area contributed by atoms with Crippen LogP contribution in [0.2, 0.25) is 0 Å². The van der Waals surface area contributed by atoms with Gasteiger partial charge in [-0.1, -0.05) is 18.2 Å². The Hall–Kier alpha value is -1.08. The Kier molecular flexibility index (Phi) is 7.37. The lowest BCUT2D eigenvalue weighted by Crippen LogP contribution is -2.32. The Morgan fingerprint density at radius 3 is 2.69 bits per heavy atom. The van der Waals surface area contributed by atoms with E-state index in [4.69, 9.17) is 14.7 Å². The van der Waals surface area contributed by atoms with Crippen LogP contribution in [0.4, 0.5) is 0 Å². The van der Waals surface area contributed by atoms with Gasteiger partial charge in [-0.15, -0.1) is 11.8 Å². The molecule has 1 aromatic carbocycles. The highest BCUT2D eigenvalue weighted by atomic mass is 32.2. The molecule has 2 heterocycles. The van der Waals surface area contributed by atoms with Crippen LogP contribution in [0.15, 0.2) is 35.2 Å². The van der Waals surface area contributed by atoms with Crippen LogP contribution in [0.1, 0.15) is 32.1 Å². The molecule has 2 bridgehead atoms. The lowest BCUT2D eigenvalue weighted by Gasteiger charge is -2.27. The van der Waals surface area contributed by atoms with Crippen LogP contribution in [0.5, 0.6) is 0 Å². The third-order valence-corrected chi connectivity index (χ3v) is 6.53. The molecule has 0 aliphatic carbocycles. The average Bonchev–Trinajstić information content (AvgIpc) is 3.25. The minimum Gasteiger partial charge on any atom is -0.381 e. The molecule has 2 aliphatic heterocycles. The van der Waals surface area contributed by atoms with Crippen molar-refractivity contribution in [2.75, 3.05) is 26.0 Å². The highest BCUT2D eigenvalue weighted by molar-refractivity contribution is 7.99. The van der Waals surface area contributed by atoms with Gasteiger partial charge in [0.25, 0.3) is 0 Å². The molecule has 2 fully saturated rings. The number of hydroxylamine groups is 2. The molecular weight excluding hydrogens is 350 g/mol. The van der Waals surface area contributed by atoms with Gasteiger partial charge in [-0.25, -0.2) is 5.06 Å². The van der Waals surface area contributed by atoms with E-state index in [1.807, 2.05) is 17.8 Å². The summed E-state index contributed by atoms with van der Waals surface area (Å²) in [7, 11) is 1.36. The van der Waals surface area contributed by atoms with E-state index >= 15 is 0 Å². The molecule has 0 aromatic heterocycles. The monoisotopic (exact) mass is 379 g/mol. The molecule has 2 aliphatic rings. The van der Waals surface area contributed by atoms with Crippen LogP contribution in [-0.4, -0.2) is 54.4 Å².